The minimum absolute atomic E-state index is 0.146. The van der Waals surface area contributed by atoms with E-state index in [0.29, 0.717) is 37.3 Å². The summed E-state index contributed by atoms with van der Waals surface area (Å²) >= 11 is 0. The van der Waals surface area contributed by atoms with Crippen molar-refractivity contribution >= 4 is 23.3 Å². The number of nitrogens with zero attached hydrogens (tertiary/aromatic N) is 1. The number of rotatable bonds is 5. The SMILES string of the molecule is O=C(O)CC1CCN(c2ccc(NC3CCC(O)NC3=O)cc2F)CC1. The van der Waals surface area contributed by atoms with E-state index in [-0.39, 0.29) is 24.1 Å². The van der Waals surface area contributed by atoms with Gasteiger partial charge in [0.2, 0.25) is 5.91 Å². The molecule has 26 heavy (non-hydrogen) atoms. The Bertz CT molecular complexity index is 676. The molecule has 142 valence electrons. The van der Waals surface area contributed by atoms with Crippen LogP contribution in [0, 0.1) is 11.7 Å². The first-order valence-electron chi connectivity index (χ1n) is 8.93. The molecule has 1 aromatic rings. The van der Waals surface area contributed by atoms with Gasteiger partial charge in [-0.3, -0.25) is 9.59 Å². The molecule has 2 aliphatic heterocycles. The van der Waals surface area contributed by atoms with E-state index in [9.17, 15) is 19.1 Å². The summed E-state index contributed by atoms with van der Waals surface area (Å²) in [6.45, 7) is 1.26. The van der Waals surface area contributed by atoms with E-state index >= 15 is 0 Å². The van der Waals surface area contributed by atoms with Crippen LogP contribution in [0.1, 0.15) is 32.1 Å². The predicted octanol–water partition coefficient (Wildman–Crippen LogP) is 1.53. The van der Waals surface area contributed by atoms with Crippen LogP contribution in [0.3, 0.4) is 0 Å². The number of carboxylic acids is 1. The number of anilines is 2. The van der Waals surface area contributed by atoms with Crippen molar-refractivity contribution in [2.75, 3.05) is 23.3 Å². The number of carboxylic acid groups (broad SMARTS) is 1. The van der Waals surface area contributed by atoms with Crippen molar-refractivity contribution < 1.29 is 24.2 Å². The Labute approximate surface area is 151 Å². The third-order valence-electron chi connectivity index (χ3n) is 5.06. The van der Waals surface area contributed by atoms with Crippen molar-refractivity contribution in [3.63, 3.8) is 0 Å². The zero-order chi connectivity index (χ0) is 18.7. The first-order chi connectivity index (χ1) is 12.4. The summed E-state index contributed by atoms with van der Waals surface area (Å²) in [4.78, 5) is 24.6. The normalized spacial score (nSPS) is 24.2. The van der Waals surface area contributed by atoms with E-state index < -0.39 is 18.2 Å². The van der Waals surface area contributed by atoms with Crippen molar-refractivity contribution in [3.05, 3.63) is 24.0 Å². The van der Waals surface area contributed by atoms with Crippen LogP contribution in [0.25, 0.3) is 0 Å². The molecular formula is C18H24FN3O4. The molecule has 1 aromatic carbocycles. The van der Waals surface area contributed by atoms with Gasteiger partial charge in [-0.15, -0.1) is 0 Å². The van der Waals surface area contributed by atoms with Crippen LogP contribution < -0.4 is 15.5 Å². The summed E-state index contributed by atoms with van der Waals surface area (Å²) in [5.74, 6) is -1.31. The number of halogens is 1. The van der Waals surface area contributed by atoms with Crippen LogP contribution in [0.4, 0.5) is 15.8 Å². The average Bonchev–Trinajstić information content (AvgIpc) is 2.58. The van der Waals surface area contributed by atoms with Gasteiger partial charge in [0.1, 0.15) is 18.1 Å². The van der Waals surface area contributed by atoms with Crippen molar-refractivity contribution in [2.45, 2.75) is 44.4 Å². The second-order valence-electron chi connectivity index (χ2n) is 6.99. The quantitative estimate of drug-likeness (QED) is 0.631. The number of aliphatic hydroxyl groups is 1. The van der Waals surface area contributed by atoms with Crippen LogP contribution >= 0.6 is 0 Å². The molecule has 8 heteroatoms. The molecule has 2 unspecified atom stereocenters. The molecule has 2 saturated heterocycles. The predicted molar refractivity (Wildman–Crippen MR) is 94.4 cm³/mol. The Morgan fingerprint density at radius 3 is 2.62 bits per heavy atom. The van der Waals surface area contributed by atoms with Crippen LogP contribution in [-0.2, 0) is 9.59 Å². The maximum atomic E-state index is 14.5. The van der Waals surface area contributed by atoms with E-state index in [1.54, 1.807) is 12.1 Å². The van der Waals surface area contributed by atoms with Crippen LogP contribution in [-0.4, -0.2) is 47.4 Å². The maximum Gasteiger partial charge on any atom is 0.303 e. The number of nitrogens with one attached hydrogen (secondary N) is 2. The third kappa shape index (κ3) is 4.43. The fourth-order valence-electron chi connectivity index (χ4n) is 3.61. The Hall–Kier alpha value is -2.35. The van der Waals surface area contributed by atoms with Gasteiger partial charge < -0.3 is 25.7 Å². The molecule has 0 spiro atoms. The zero-order valence-electron chi connectivity index (χ0n) is 14.4. The lowest BCUT2D eigenvalue weighted by Crippen LogP contribution is -2.49. The highest BCUT2D eigenvalue weighted by atomic mass is 19.1. The molecule has 0 saturated carbocycles. The number of carbonyl (C=O) groups excluding carboxylic acids is 1. The lowest BCUT2D eigenvalue weighted by Gasteiger charge is -2.33. The molecule has 2 fully saturated rings. The molecule has 3 rings (SSSR count). The number of hydrogen-bond donors (Lipinski definition) is 4. The van der Waals surface area contributed by atoms with E-state index in [4.69, 9.17) is 5.11 Å². The second-order valence-corrected chi connectivity index (χ2v) is 6.99. The Morgan fingerprint density at radius 1 is 1.27 bits per heavy atom. The van der Waals surface area contributed by atoms with Crippen molar-refractivity contribution in [1.82, 2.24) is 5.32 Å². The largest absolute Gasteiger partial charge is 0.481 e. The van der Waals surface area contributed by atoms with Gasteiger partial charge in [-0.1, -0.05) is 0 Å². The van der Waals surface area contributed by atoms with Gasteiger partial charge in [0.05, 0.1) is 5.69 Å². The standard InChI is InChI=1S/C18H24FN3O4/c19-13-10-12(20-14-2-4-16(23)21-18(14)26)1-3-15(13)22-7-5-11(6-8-22)9-17(24)25/h1,3,10-11,14,16,20,23H,2,4-9H2,(H,21,26)(H,24,25). The molecule has 4 N–H and O–H groups in total. The number of amides is 1. The number of aliphatic hydroxyl groups excluding tert-OH is 1. The highest BCUT2D eigenvalue weighted by Gasteiger charge is 2.27. The molecule has 2 heterocycles. The topological polar surface area (TPSA) is 102 Å². The second kappa shape index (κ2) is 7.90. The monoisotopic (exact) mass is 365 g/mol. The van der Waals surface area contributed by atoms with Gasteiger partial charge >= 0.3 is 5.97 Å². The molecule has 0 bridgehead atoms. The lowest BCUT2D eigenvalue weighted by molar-refractivity contribution is -0.138. The summed E-state index contributed by atoms with van der Waals surface area (Å²) in [6, 6.07) is 4.30. The summed E-state index contributed by atoms with van der Waals surface area (Å²) in [5, 5.41) is 23.7. The molecule has 7 nitrogen and oxygen atoms in total. The van der Waals surface area contributed by atoms with Gasteiger partial charge in [0, 0.05) is 25.2 Å². The maximum absolute atomic E-state index is 14.5. The van der Waals surface area contributed by atoms with Crippen LogP contribution in [0.2, 0.25) is 0 Å². The molecule has 0 aliphatic carbocycles. The number of benzene rings is 1. The highest BCUT2D eigenvalue weighted by molar-refractivity contribution is 5.85. The summed E-state index contributed by atoms with van der Waals surface area (Å²) in [5.41, 5.74) is 1.01. The zero-order valence-corrected chi connectivity index (χ0v) is 14.4. The van der Waals surface area contributed by atoms with E-state index in [0.717, 1.165) is 12.8 Å². The Morgan fingerprint density at radius 2 is 2.00 bits per heavy atom. The molecule has 2 aliphatic rings. The van der Waals surface area contributed by atoms with Gasteiger partial charge in [-0.05, 0) is 49.8 Å². The molecule has 1 amide bonds. The number of hydrogen-bond acceptors (Lipinski definition) is 5. The van der Waals surface area contributed by atoms with Gasteiger partial charge in [0.25, 0.3) is 0 Å². The number of aliphatic carboxylic acids is 1. The average molecular weight is 365 g/mol. The van der Waals surface area contributed by atoms with Crippen molar-refractivity contribution in [3.8, 4) is 0 Å². The number of carbonyl (C=O) groups is 2. The fraction of sp³-hybridized carbons (Fsp3) is 0.556. The van der Waals surface area contributed by atoms with Crippen LogP contribution in [0.5, 0.6) is 0 Å². The van der Waals surface area contributed by atoms with Crippen molar-refractivity contribution in [2.24, 2.45) is 5.92 Å². The summed E-state index contributed by atoms with van der Waals surface area (Å²) in [7, 11) is 0. The molecular weight excluding hydrogens is 341 g/mol. The lowest BCUT2D eigenvalue weighted by atomic mass is 9.93. The van der Waals surface area contributed by atoms with E-state index in [1.807, 2.05) is 4.90 Å². The minimum Gasteiger partial charge on any atom is -0.481 e. The molecule has 0 radical (unpaired) electrons. The van der Waals surface area contributed by atoms with E-state index in [2.05, 4.69) is 10.6 Å². The highest BCUT2D eigenvalue weighted by Crippen LogP contribution is 2.29. The summed E-state index contributed by atoms with van der Waals surface area (Å²) in [6.07, 6.45) is 1.75. The first kappa shape index (κ1) is 18.4. The third-order valence-corrected chi connectivity index (χ3v) is 5.06. The molecule has 0 aromatic heterocycles. The Kier molecular flexibility index (Phi) is 5.61. The van der Waals surface area contributed by atoms with Gasteiger partial charge in [0.15, 0.2) is 0 Å². The van der Waals surface area contributed by atoms with Gasteiger partial charge in [-0.25, -0.2) is 4.39 Å². The fourth-order valence-corrected chi connectivity index (χ4v) is 3.61. The van der Waals surface area contributed by atoms with E-state index in [1.165, 1.54) is 6.07 Å². The Balaban J connectivity index is 1.60. The van der Waals surface area contributed by atoms with Crippen molar-refractivity contribution in [1.29, 1.82) is 0 Å². The van der Waals surface area contributed by atoms with Crippen LogP contribution in [0.15, 0.2) is 18.2 Å². The number of piperidine rings is 2. The first-order valence-corrected chi connectivity index (χ1v) is 8.93. The minimum atomic E-state index is -0.816. The smallest absolute Gasteiger partial charge is 0.303 e. The van der Waals surface area contributed by atoms with Gasteiger partial charge in [-0.2, -0.15) is 0 Å². The summed E-state index contributed by atoms with van der Waals surface area (Å²) < 4.78 is 14.5. The molecule has 2 atom stereocenters.